The third-order valence-corrected chi connectivity index (χ3v) is 5.13. The SMILES string of the molecule is CCC(C)C(N)C(=O)NC(CS)C(=O)NC(CC(C)C)C(=O)NC(C(=O)O)C(C)O. The summed E-state index contributed by atoms with van der Waals surface area (Å²) in [7, 11) is 0. The first kappa shape index (κ1) is 28.1. The molecule has 0 spiro atoms. The van der Waals surface area contributed by atoms with Crippen LogP contribution >= 0.6 is 12.6 Å². The molecule has 7 N–H and O–H groups in total. The number of nitrogens with two attached hydrogens (primary N) is 1. The molecule has 0 radical (unpaired) electrons. The van der Waals surface area contributed by atoms with E-state index >= 15 is 0 Å². The predicted octanol–water partition coefficient (Wildman–Crippen LogP) is -0.744. The van der Waals surface area contributed by atoms with Crippen LogP contribution in [0.2, 0.25) is 0 Å². The van der Waals surface area contributed by atoms with Gasteiger partial charge in [0.1, 0.15) is 12.1 Å². The van der Waals surface area contributed by atoms with Crippen molar-refractivity contribution >= 4 is 36.3 Å². The zero-order chi connectivity index (χ0) is 23.6. The van der Waals surface area contributed by atoms with Crippen LogP contribution in [0.15, 0.2) is 0 Å². The second-order valence-electron chi connectivity index (χ2n) is 7.91. The number of carbonyl (C=O) groups excluding carboxylic acids is 3. The Balaban J connectivity index is 5.29. The van der Waals surface area contributed by atoms with Gasteiger partial charge in [0.25, 0.3) is 0 Å². The van der Waals surface area contributed by atoms with E-state index in [4.69, 9.17) is 10.8 Å². The monoisotopic (exact) mass is 448 g/mol. The average Bonchev–Trinajstić information content (AvgIpc) is 2.66. The second-order valence-corrected chi connectivity index (χ2v) is 8.28. The fourth-order valence-electron chi connectivity index (χ4n) is 2.59. The van der Waals surface area contributed by atoms with Crippen molar-refractivity contribution in [3.05, 3.63) is 0 Å². The third-order valence-electron chi connectivity index (χ3n) is 4.76. The van der Waals surface area contributed by atoms with Gasteiger partial charge in [-0.25, -0.2) is 4.79 Å². The smallest absolute Gasteiger partial charge is 0.328 e. The van der Waals surface area contributed by atoms with Crippen LogP contribution in [0.25, 0.3) is 0 Å². The first-order valence-corrected chi connectivity index (χ1v) is 10.7. The molecule has 11 heteroatoms. The predicted molar refractivity (Wildman–Crippen MR) is 116 cm³/mol. The molecule has 30 heavy (non-hydrogen) atoms. The molecule has 6 unspecified atom stereocenters. The number of nitrogens with one attached hydrogen (secondary N) is 3. The molecule has 0 heterocycles. The van der Waals surface area contributed by atoms with Crippen LogP contribution in [0.1, 0.15) is 47.5 Å². The topological polar surface area (TPSA) is 171 Å². The molecule has 0 aromatic carbocycles. The van der Waals surface area contributed by atoms with E-state index in [-0.39, 0.29) is 24.0 Å². The molecular weight excluding hydrogens is 412 g/mol. The summed E-state index contributed by atoms with van der Waals surface area (Å²) >= 11 is 4.10. The van der Waals surface area contributed by atoms with E-state index in [9.17, 15) is 24.3 Å². The number of amides is 3. The summed E-state index contributed by atoms with van der Waals surface area (Å²) in [5.41, 5.74) is 5.89. The quantitative estimate of drug-likeness (QED) is 0.182. The van der Waals surface area contributed by atoms with E-state index < -0.39 is 54.0 Å². The lowest BCUT2D eigenvalue weighted by Gasteiger charge is -2.26. The second kappa shape index (κ2) is 13.5. The minimum atomic E-state index is -1.52. The molecule has 3 amide bonds. The highest BCUT2D eigenvalue weighted by Crippen LogP contribution is 2.08. The van der Waals surface area contributed by atoms with E-state index in [0.717, 1.165) is 0 Å². The molecule has 0 fully saturated rings. The number of carboxylic acids is 1. The van der Waals surface area contributed by atoms with Crippen molar-refractivity contribution < 1.29 is 29.4 Å². The van der Waals surface area contributed by atoms with Crippen molar-refractivity contribution in [1.82, 2.24) is 16.0 Å². The molecule has 6 atom stereocenters. The van der Waals surface area contributed by atoms with E-state index in [2.05, 4.69) is 28.6 Å². The Bertz CT molecular complexity index is 602. The molecule has 0 bridgehead atoms. The minimum Gasteiger partial charge on any atom is -0.480 e. The molecular formula is C19H36N4O6S. The third kappa shape index (κ3) is 9.31. The zero-order valence-electron chi connectivity index (χ0n) is 18.2. The number of aliphatic carboxylic acids is 1. The lowest BCUT2D eigenvalue weighted by Crippen LogP contribution is -2.59. The lowest BCUT2D eigenvalue weighted by molar-refractivity contribution is -0.145. The van der Waals surface area contributed by atoms with Crippen LogP contribution in [0.4, 0.5) is 0 Å². The first-order valence-electron chi connectivity index (χ1n) is 10.0. The van der Waals surface area contributed by atoms with Gasteiger partial charge in [0, 0.05) is 5.75 Å². The Morgan fingerprint density at radius 3 is 1.83 bits per heavy atom. The van der Waals surface area contributed by atoms with Crippen molar-refractivity contribution in [2.75, 3.05) is 5.75 Å². The maximum Gasteiger partial charge on any atom is 0.328 e. The number of hydrogen-bond acceptors (Lipinski definition) is 7. The van der Waals surface area contributed by atoms with Crippen LogP contribution in [-0.4, -0.2) is 69.9 Å². The summed E-state index contributed by atoms with van der Waals surface area (Å²) in [6, 6.07) is -4.38. The van der Waals surface area contributed by atoms with Gasteiger partial charge in [-0.3, -0.25) is 14.4 Å². The average molecular weight is 449 g/mol. The molecule has 0 aliphatic carbocycles. The van der Waals surface area contributed by atoms with Crippen LogP contribution in [0.5, 0.6) is 0 Å². The van der Waals surface area contributed by atoms with Crippen LogP contribution < -0.4 is 21.7 Å². The van der Waals surface area contributed by atoms with Gasteiger partial charge in [-0.05, 0) is 25.2 Å². The molecule has 0 saturated heterocycles. The van der Waals surface area contributed by atoms with E-state index in [0.29, 0.717) is 6.42 Å². The van der Waals surface area contributed by atoms with Gasteiger partial charge in [-0.15, -0.1) is 0 Å². The summed E-state index contributed by atoms with van der Waals surface area (Å²) in [6.07, 6.45) is -0.409. The number of carboxylic acid groups (broad SMARTS) is 1. The highest BCUT2D eigenvalue weighted by molar-refractivity contribution is 7.80. The largest absolute Gasteiger partial charge is 0.480 e. The number of aliphatic hydroxyl groups is 1. The summed E-state index contributed by atoms with van der Waals surface area (Å²) in [5, 5.41) is 26.0. The number of rotatable bonds is 13. The Morgan fingerprint density at radius 2 is 1.43 bits per heavy atom. The Kier molecular flexibility index (Phi) is 12.6. The first-order chi connectivity index (χ1) is 13.8. The molecule has 0 aliphatic heterocycles. The minimum absolute atomic E-state index is 0.00116. The molecule has 0 rings (SSSR count). The number of hydrogen-bond donors (Lipinski definition) is 7. The van der Waals surface area contributed by atoms with Gasteiger partial charge in [-0.1, -0.05) is 34.1 Å². The van der Waals surface area contributed by atoms with Crippen LogP contribution in [0.3, 0.4) is 0 Å². The summed E-state index contributed by atoms with van der Waals surface area (Å²) < 4.78 is 0. The van der Waals surface area contributed by atoms with Crippen LogP contribution in [-0.2, 0) is 19.2 Å². The fourth-order valence-corrected chi connectivity index (χ4v) is 2.85. The Hall–Kier alpha value is -1.85. The van der Waals surface area contributed by atoms with Gasteiger partial charge in [-0.2, -0.15) is 12.6 Å². The maximum absolute atomic E-state index is 12.7. The number of aliphatic hydroxyl groups excluding tert-OH is 1. The molecule has 0 saturated carbocycles. The van der Waals surface area contributed by atoms with Crippen molar-refractivity contribution in [1.29, 1.82) is 0 Å². The molecule has 10 nitrogen and oxygen atoms in total. The van der Waals surface area contributed by atoms with Crippen molar-refractivity contribution in [3.63, 3.8) is 0 Å². The standard InChI is InChI=1S/C19H36N4O6S/c1-6-10(4)14(20)18(27)22-13(8-30)17(26)21-12(7-9(2)3)16(25)23-15(11(5)24)19(28)29/h9-15,24,30H,6-8,20H2,1-5H3,(H,21,26)(H,22,27)(H,23,25)(H,28,29). The van der Waals surface area contributed by atoms with Gasteiger partial charge in [0.15, 0.2) is 6.04 Å². The van der Waals surface area contributed by atoms with Crippen molar-refractivity contribution in [2.45, 2.75) is 77.7 Å². The van der Waals surface area contributed by atoms with E-state index in [1.807, 2.05) is 27.7 Å². The van der Waals surface area contributed by atoms with Gasteiger partial charge in [0.05, 0.1) is 12.1 Å². The van der Waals surface area contributed by atoms with Gasteiger partial charge < -0.3 is 31.9 Å². The molecule has 0 aromatic heterocycles. The molecule has 0 aromatic rings. The van der Waals surface area contributed by atoms with Crippen LogP contribution in [0, 0.1) is 11.8 Å². The van der Waals surface area contributed by atoms with E-state index in [1.165, 1.54) is 6.92 Å². The maximum atomic E-state index is 12.7. The summed E-state index contributed by atoms with van der Waals surface area (Å²) in [6.45, 7) is 8.62. The van der Waals surface area contributed by atoms with E-state index in [1.54, 1.807) is 0 Å². The normalized spacial score (nSPS) is 17.2. The summed E-state index contributed by atoms with van der Waals surface area (Å²) in [5.74, 6) is -3.38. The number of carbonyl (C=O) groups is 4. The number of thiol groups is 1. The van der Waals surface area contributed by atoms with Gasteiger partial charge >= 0.3 is 5.97 Å². The van der Waals surface area contributed by atoms with Crippen molar-refractivity contribution in [2.24, 2.45) is 17.6 Å². The fraction of sp³-hybridized carbons (Fsp3) is 0.789. The Labute approximate surface area is 183 Å². The molecule has 0 aliphatic rings. The lowest BCUT2D eigenvalue weighted by atomic mass is 9.99. The highest BCUT2D eigenvalue weighted by Gasteiger charge is 2.32. The molecule has 174 valence electrons. The summed E-state index contributed by atoms with van der Waals surface area (Å²) in [4.78, 5) is 48.8. The highest BCUT2D eigenvalue weighted by atomic mass is 32.1. The Morgan fingerprint density at radius 1 is 0.933 bits per heavy atom. The van der Waals surface area contributed by atoms with Crippen molar-refractivity contribution in [3.8, 4) is 0 Å². The zero-order valence-corrected chi connectivity index (χ0v) is 19.1. The van der Waals surface area contributed by atoms with Gasteiger partial charge in [0.2, 0.25) is 17.7 Å².